The third kappa shape index (κ3) is 6.16. The summed E-state index contributed by atoms with van der Waals surface area (Å²) in [4.78, 5) is 20.3. The predicted octanol–water partition coefficient (Wildman–Crippen LogP) is 1.90. The molecule has 0 rings (SSSR count). The molecule has 5 nitrogen and oxygen atoms in total. The zero-order valence-corrected chi connectivity index (χ0v) is 8.32. The van der Waals surface area contributed by atoms with Crippen molar-refractivity contribution in [2.45, 2.75) is 32.1 Å². The number of unbranched alkanes of at least 4 members (excludes halogenated alkanes) is 2. The van der Waals surface area contributed by atoms with Crippen LogP contribution in [0.2, 0.25) is 0 Å². The van der Waals surface area contributed by atoms with Crippen molar-refractivity contribution < 1.29 is 14.5 Å². The molecular formula is C9H15NO4. The number of ether oxygens (including phenoxy) is 1. The quantitative estimate of drug-likeness (QED) is 0.273. The summed E-state index contributed by atoms with van der Waals surface area (Å²) in [5, 5.41) is 10.1. The molecule has 0 bridgehead atoms. The largest absolute Gasteiger partial charge is 0.469 e. The number of carbonyl (C=O) groups is 1. The minimum atomic E-state index is -0.472. The monoisotopic (exact) mass is 201 g/mol. The van der Waals surface area contributed by atoms with Gasteiger partial charge in [0.1, 0.15) is 0 Å². The van der Waals surface area contributed by atoms with Gasteiger partial charge >= 0.3 is 5.97 Å². The lowest BCUT2D eigenvalue weighted by Crippen LogP contribution is -2.00. The predicted molar refractivity (Wildman–Crippen MR) is 51.2 cm³/mol. The van der Waals surface area contributed by atoms with Crippen molar-refractivity contribution in [1.82, 2.24) is 0 Å². The molecule has 0 fully saturated rings. The molecule has 0 aromatic carbocycles. The van der Waals surface area contributed by atoms with E-state index in [4.69, 9.17) is 0 Å². The number of rotatable bonds is 7. The molecule has 0 unspecified atom stereocenters. The third-order valence-electron chi connectivity index (χ3n) is 1.83. The van der Waals surface area contributed by atoms with E-state index in [9.17, 15) is 14.9 Å². The maximum absolute atomic E-state index is 10.7. The van der Waals surface area contributed by atoms with Gasteiger partial charge in [0, 0.05) is 12.8 Å². The molecular weight excluding hydrogens is 186 g/mol. The lowest BCUT2D eigenvalue weighted by atomic mass is 10.1. The molecule has 0 spiro atoms. The Morgan fingerprint density at radius 2 is 1.93 bits per heavy atom. The van der Waals surface area contributed by atoms with Crippen LogP contribution in [0.4, 0.5) is 0 Å². The van der Waals surface area contributed by atoms with Gasteiger partial charge in [-0.15, -0.1) is 0 Å². The number of nitro groups is 1. The molecule has 0 radical (unpaired) electrons. The molecule has 0 aliphatic carbocycles. The number of allylic oxidation sites excluding steroid dienone is 1. The van der Waals surface area contributed by atoms with E-state index >= 15 is 0 Å². The van der Waals surface area contributed by atoms with E-state index in [2.05, 4.69) is 11.3 Å². The van der Waals surface area contributed by atoms with Gasteiger partial charge in [-0.1, -0.05) is 6.42 Å². The molecule has 5 heteroatoms. The molecule has 0 saturated carbocycles. The number of esters is 1. The standard InChI is InChI=1S/C9H15NO4/c1-8(10(12)13)6-4-3-5-7-9(11)14-2/h1,3-7H2,2H3. The van der Waals surface area contributed by atoms with E-state index in [1.165, 1.54) is 7.11 Å². The highest BCUT2D eigenvalue weighted by molar-refractivity contribution is 5.68. The molecule has 0 amide bonds. The minimum Gasteiger partial charge on any atom is -0.469 e. The minimum absolute atomic E-state index is 0.0306. The topological polar surface area (TPSA) is 69.4 Å². The summed E-state index contributed by atoms with van der Waals surface area (Å²) in [6.45, 7) is 3.31. The van der Waals surface area contributed by atoms with Gasteiger partial charge in [-0.3, -0.25) is 14.9 Å². The molecule has 14 heavy (non-hydrogen) atoms. The van der Waals surface area contributed by atoms with E-state index < -0.39 is 4.92 Å². The van der Waals surface area contributed by atoms with E-state index in [-0.39, 0.29) is 11.7 Å². The van der Waals surface area contributed by atoms with Crippen LogP contribution in [0, 0.1) is 10.1 Å². The number of methoxy groups -OCH3 is 1. The van der Waals surface area contributed by atoms with E-state index in [1.54, 1.807) is 0 Å². The number of hydrogen-bond donors (Lipinski definition) is 0. The first-order valence-electron chi connectivity index (χ1n) is 4.47. The van der Waals surface area contributed by atoms with E-state index in [0.29, 0.717) is 25.7 Å². The number of carbonyl (C=O) groups excluding carboxylic acids is 1. The van der Waals surface area contributed by atoms with Crippen LogP contribution in [0.15, 0.2) is 12.3 Å². The van der Waals surface area contributed by atoms with Gasteiger partial charge in [-0.25, -0.2) is 0 Å². The van der Waals surface area contributed by atoms with Crippen LogP contribution in [0.1, 0.15) is 32.1 Å². The summed E-state index contributed by atoms with van der Waals surface area (Å²) in [6.07, 6.45) is 2.94. The van der Waals surface area contributed by atoms with Gasteiger partial charge in [0.25, 0.3) is 0 Å². The second-order valence-electron chi connectivity index (χ2n) is 2.96. The number of nitrogens with zero attached hydrogens (tertiary/aromatic N) is 1. The van der Waals surface area contributed by atoms with Gasteiger partial charge in [0.05, 0.1) is 12.0 Å². The smallest absolute Gasteiger partial charge is 0.305 e. The van der Waals surface area contributed by atoms with Crippen molar-refractivity contribution in [2.75, 3.05) is 7.11 Å². The highest BCUT2D eigenvalue weighted by Gasteiger charge is 2.06. The maximum Gasteiger partial charge on any atom is 0.305 e. The lowest BCUT2D eigenvalue weighted by Gasteiger charge is -1.99. The van der Waals surface area contributed by atoms with Gasteiger partial charge in [0.2, 0.25) is 5.70 Å². The lowest BCUT2D eigenvalue weighted by molar-refractivity contribution is -0.427. The summed E-state index contributed by atoms with van der Waals surface area (Å²) < 4.78 is 4.45. The molecule has 80 valence electrons. The Hall–Kier alpha value is -1.39. The zero-order valence-electron chi connectivity index (χ0n) is 8.32. The van der Waals surface area contributed by atoms with Crippen LogP contribution >= 0.6 is 0 Å². The summed E-state index contributed by atoms with van der Waals surface area (Å²) in [5.74, 6) is -0.238. The van der Waals surface area contributed by atoms with Gasteiger partial charge in [0.15, 0.2) is 0 Å². The highest BCUT2D eigenvalue weighted by Crippen LogP contribution is 2.09. The summed E-state index contributed by atoms with van der Waals surface area (Å²) in [6, 6.07) is 0. The van der Waals surface area contributed by atoms with Gasteiger partial charge < -0.3 is 4.74 Å². The zero-order chi connectivity index (χ0) is 11.0. The van der Waals surface area contributed by atoms with Crippen LogP contribution in [0.25, 0.3) is 0 Å². The Bertz CT molecular complexity index is 225. The van der Waals surface area contributed by atoms with E-state index in [0.717, 1.165) is 6.42 Å². The summed E-state index contributed by atoms with van der Waals surface area (Å²) in [7, 11) is 1.34. The average molecular weight is 201 g/mol. The Kier molecular flexibility index (Phi) is 6.36. The van der Waals surface area contributed by atoms with Crippen molar-refractivity contribution in [2.24, 2.45) is 0 Å². The van der Waals surface area contributed by atoms with Crippen LogP contribution in [-0.2, 0) is 9.53 Å². The molecule has 0 heterocycles. The van der Waals surface area contributed by atoms with Crippen molar-refractivity contribution in [3.05, 3.63) is 22.4 Å². The molecule has 0 aliphatic rings. The molecule has 0 saturated heterocycles. The number of hydrogen-bond acceptors (Lipinski definition) is 4. The first kappa shape index (κ1) is 12.6. The Morgan fingerprint density at radius 3 is 2.43 bits per heavy atom. The molecule has 0 aromatic heterocycles. The Labute approximate surface area is 82.9 Å². The average Bonchev–Trinajstić information content (AvgIpc) is 2.16. The highest BCUT2D eigenvalue weighted by atomic mass is 16.6. The Morgan fingerprint density at radius 1 is 1.36 bits per heavy atom. The first-order chi connectivity index (χ1) is 6.57. The molecule has 0 aromatic rings. The van der Waals surface area contributed by atoms with Crippen molar-refractivity contribution in [3.63, 3.8) is 0 Å². The van der Waals surface area contributed by atoms with Crippen molar-refractivity contribution >= 4 is 5.97 Å². The second-order valence-corrected chi connectivity index (χ2v) is 2.96. The second kappa shape index (κ2) is 7.06. The van der Waals surface area contributed by atoms with Crippen molar-refractivity contribution in [1.29, 1.82) is 0 Å². The molecule has 0 aliphatic heterocycles. The van der Waals surface area contributed by atoms with Crippen LogP contribution in [-0.4, -0.2) is 18.0 Å². The molecule has 0 N–H and O–H groups in total. The fraction of sp³-hybridized carbons (Fsp3) is 0.667. The van der Waals surface area contributed by atoms with Gasteiger partial charge in [-0.2, -0.15) is 0 Å². The fourth-order valence-corrected chi connectivity index (χ4v) is 0.969. The Balaban J connectivity index is 3.34. The first-order valence-corrected chi connectivity index (χ1v) is 4.47. The maximum atomic E-state index is 10.7. The van der Waals surface area contributed by atoms with Crippen LogP contribution < -0.4 is 0 Å². The van der Waals surface area contributed by atoms with Gasteiger partial charge in [-0.05, 0) is 19.4 Å². The summed E-state index contributed by atoms with van der Waals surface area (Å²) >= 11 is 0. The molecule has 0 atom stereocenters. The SMILES string of the molecule is C=C(CCCCCC(=O)OC)[N+](=O)[O-]. The van der Waals surface area contributed by atoms with Crippen molar-refractivity contribution in [3.8, 4) is 0 Å². The normalized spacial score (nSPS) is 9.50. The summed E-state index contributed by atoms with van der Waals surface area (Å²) in [5.41, 5.74) is 0.0306. The fourth-order valence-electron chi connectivity index (χ4n) is 0.969. The van der Waals surface area contributed by atoms with E-state index in [1.807, 2.05) is 0 Å². The van der Waals surface area contributed by atoms with Crippen LogP contribution in [0.5, 0.6) is 0 Å². The van der Waals surface area contributed by atoms with Crippen LogP contribution in [0.3, 0.4) is 0 Å². The third-order valence-corrected chi connectivity index (χ3v) is 1.83.